The van der Waals surface area contributed by atoms with Crippen LogP contribution in [0, 0.1) is 6.92 Å². The molecule has 0 radical (unpaired) electrons. The van der Waals surface area contributed by atoms with Crippen LogP contribution in [-0.4, -0.2) is 47.0 Å². The minimum atomic E-state index is -0.242. The molecule has 1 saturated carbocycles. The number of ether oxygens (including phenoxy) is 1. The minimum Gasteiger partial charge on any atom is -0.379 e. The molecule has 2 fully saturated rings. The third-order valence-corrected chi connectivity index (χ3v) is 7.54. The molecule has 0 bridgehead atoms. The molecule has 0 atom stereocenters. The van der Waals surface area contributed by atoms with Gasteiger partial charge in [0.15, 0.2) is 5.69 Å². The maximum absolute atomic E-state index is 13.2. The van der Waals surface area contributed by atoms with Crippen LogP contribution in [0.1, 0.15) is 59.6 Å². The van der Waals surface area contributed by atoms with E-state index in [0.717, 1.165) is 16.8 Å². The quantitative estimate of drug-likeness (QED) is 0.443. The smallest absolute Gasteiger partial charge is 0.286 e. The van der Waals surface area contributed by atoms with Gasteiger partial charge < -0.3 is 4.74 Å². The Kier molecular flexibility index (Phi) is 7.44. The molecular weight excluding hydrogens is 483 g/mol. The van der Waals surface area contributed by atoms with Crippen molar-refractivity contribution in [3.63, 3.8) is 0 Å². The average molecular weight is 513 g/mol. The van der Waals surface area contributed by atoms with Crippen LogP contribution in [0.15, 0.2) is 42.5 Å². The third-order valence-electron chi connectivity index (χ3n) is 7.01. The number of hydrogen-bond donors (Lipinski definition) is 1. The van der Waals surface area contributed by atoms with Crippen LogP contribution in [0.2, 0.25) is 10.0 Å². The topological polar surface area (TPSA) is 59.4 Å². The Morgan fingerprint density at radius 2 is 1.74 bits per heavy atom. The number of halogens is 2. The van der Waals surface area contributed by atoms with Crippen molar-refractivity contribution in [1.29, 1.82) is 0 Å². The zero-order chi connectivity index (χ0) is 24.4. The van der Waals surface area contributed by atoms with Gasteiger partial charge in [-0.3, -0.25) is 10.2 Å². The fourth-order valence-corrected chi connectivity index (χ4v) is 5.59. The maximum atomic E-state index is 13.2. The lowest BCUT2D eigenvalue weighted by Crippen LogP contribution is -2.48. The molecule has 8 heteroatoms. The van der Waals surface area contributed by atoms with Gasteiger partial charge in [-0.25, -0.2) is 9.69 Å². The van der Waals surface area contributed by atoms with Crippen molar-refractivity contribution in [3.8, 4) is 16.9 Å². The summed E-state index contributed by atoms with van der Waals surface area (Å²) in [7, 11) is 0. The van der Waals surface area contributed by atoms with E-state index in [9.17, 15) is 4.79 Å². The Labute approximate surface area is 216 Å². The van der Waals surface area contributed by atoms with Gasteiger partial charge in [-0.1, -0.05) is 66.7 Å². The van der Waals surface area contributed by atoms with Gasteiger partial charge in [-0.05, 0) is 49.4 Å². The first-order valence-corrected chi connectivity index (χ1v) is 13.1. The normalized spacial score (nSPS) is 17.5. The highest BCUT2D eigenvalue weighted by Gasteiger charge is 2.25. The molecule has 6 nitrogen and oxygen atoms in total. The highest BCUT2D eigenvalue weighted by molar-refractivity contribution is 6.35. The molecule has 0 spiro atoms. The van der Waals surface area contributed by atoms with Crippen molar-refractivity contribution in [2.45, 2.75) is 44.9 Å². The zero-order valence-corrected chi connectivity index (χ0v) is 21.4. The monoisotopic (exact) mass is 512 g/mol. The second kappa shape index (κ2) is 10.7. The first-order valence-electron chi connectivity index (χ1n) is 12.3. The number of rotatable bonds is 5. The molecule has 35 heavy (non-hydrogen) atoms. The lowest BCUT2D eigenvalue weighted by Gasteiger charge is -2.26. The van der Waals surface area contributed by atoms with Crippen LogP contribution in [0.25, 0.3) is 16.9 Å². The Bertz CT molecular complexity index is 1200. The largest absolute Gasteiger partial charge is 0.379 e. The highest BCUT2D eigenvalue weighted by Crippen LogP contribution is 2.36. The van der Waals surface area contributed by atoms with Crippen molar-refractivity contribution in [1.82, 2.24) is 20.2 Å². The molecule has 3 aromatic rings. The van der Waals surface area contributed by atoms with Crippen LogP contribution in [0.3, 0.4) is 0 Å². The van der Waals surface area contributed by atoms with Crippen LogP contribution in [-0.2, 0) is 4.74 Å². The summed E-state index contributed by atoms with van der Waals surface area (Å²) >= 11 is 12.7. The summed E-state index contributed by atoms with van der Waals surface area (Å²) in [6.07, 6.45) is 6.44. The molecule has 1 amide bonds. The van der Waals surface area contributed by atoms with E-state index in [-0.39, 0.29) is 5.91 Å². The van der Waals surface area contributed by atoms with Crippen LogP contribution in [0.4, 0.5) is 0 Å². The molecule has 0 unspecified atom stereocenters. The first kappa shape index (κ1) is 24.3. The van der Waals surface area contributed by atoms with E-state index in [0.29, 0.717) is 53.6 Å². The lowest BCUT2D eigenvalue weighted by atomic mass is 9.84. The van der Waals surface area contributed by atoms with E-state index < -0.39 is 0 Å². The number of nitrogens with zero attached hydrogens (tertiary/aromatic N) is 3. The van der Waals surface area contributed by atoms with Gasteiger partial charge in [0.05, 0.1) is 29.6 Å². The average Bonchev–Trinajstić information content (AvgIpc) is 3.22. The van der Waals surface area contributed by atoms with Crippen molar-refractivity contribution in [3.05, 3.63) is 69.3 Å². The van der Waals surface area contributed by atoms with Crippen LogP contribution < -0.4 is 5.43 Å². The number of hydrogen-bond acceptors (Lipinski definition) is 4. The molecule has 1 N–H and O–H groups in total. The van der Waals surface area contributed by atoms with E-state index >= 15 is 0 Å². The van der Waals surface area contributed by atoms with Gasteiger partial charge >= 0.3 is 0 Å². The number of carbonyl (C=O) groups excluding carboxylic acids is 1. The van der Waals surface area contributed by atoms with Gasteiger partial charge in [0.2, 0.25) is 0 Å². The van der Waals surface area contributed by atoms with Crippen molar-refractivity contribution >= 4 is 29.1 Å². The Morgan fingerprint density at radius 3 is 2.43 bits per heavy atom. The van der Waals surface area contributed by atoms with Crippen LogP contribution >= 0.6 is 23.2 Å². The molecule has 184 valence electrons. The van der Waals surface area contributed by atoms with Gasteiger partial charge in [-0.15, -0.1) is 0 Å². The Hall–Kier alpha value is -2.38. The SMILES string of the molecule is Cc1c(C(=O)NN2CCOCC2)nn(-c2ccc(Cl)cc2Cl)c1-c1ccc(C2CCCCC2)cc1. The van der Waals surface area contributed by atoms with Gasteiger partial charge in [0, 0.05) is 29.2 Å². The molecule has 5 rings (SSSR count). The fraction of sp³-hybridized carbons (Fsp3) is 0.407. The highest BCUT2D eigenvalue weighted by atomic mass is 35.5. The summed E-state index contributed by atoms with van der Waals surface area (Å²) in [5, 5.41) is 7.64. The number of carbonyl (C=O) groups is 1. The molecule has 1 saturated heterocycles. The standard InChI is InChI=1S/C27H30Cl2N4O2/c1-18-25(27(34)31-32-13-15-35-16-14-32)30-33(24-12-11-22(28)17-23(24)29)26(18)21-9-7-20(8-10-21)19-5-3-2-4-6-19/h7-12,17,19H,2-6,13-16H2,1H3,(H,31,34). The predicted octanol–water partition coefficient (Wildman–Crippen LogP) is 6.18. The number of aromatic nitrogens is 2. The summed E-state index contributed by atoms with van der Waals surface area (Å²) in [4.78, 5) is 13.2. The van der Waals surface area contributed by atoms with E-state index in [2.05, 4.69) is 29.7 Å². The van der Waals surface area contributed by atoms with Gasteiger partial charge in [-0.2, -0.15) is 5.10 Å². The molecule has 2 heterocycles. The summed E-state index contributed by atoms with van der Waals surface area (Å²) in [6, 6.07) is 14.0. The number of hydrazine groups is 1. The van der Waals surface area contributed by atoms with E-state index in [1.54, 1.807) is 16.8 Å². The maximum Gasteiger partial charge on any atom is 0.286 e. The molecular formula is C27H30Cl2N4O2. The van der Waals surface area contributed by atoms with E-state index in [4.69, 9.17) is 33.0 Å². The first-order chi connectivity index (χ1) is 17.0. The fourth-order valence-electron chi connectivity index (χ4n) is 5.10. The van der Waals surface area contributed by atoms with Crippen molar-refractivity contribution < 1.29 is 9.53 Å². The molecule has 1 aliphatic heterocycles. The number of amides is 1. The summed E-state index contributed by atoms with van der Waals surface area (Å²) in [6.45, 7) is 4.40. The number of benzene rings is 2. The van der Waals surface area contributed by atoms with Gasteiger partial charge in [0.1, 0.15) is 0 Å². The number of morpholine rings is 1. The second-order valence-corrected chi connectivity index (χ2v) is 10.2. The lowest BCUT2D eigenvalue weighted by molar-refractivity contribution is 0.0124. The predicted molar refractivity (Wildman–Crippen MR) is 139 cm³/mol. The molecule has 2 aliphatic rings. The van der Waals surface area contributed by atoms with E-state index in [1.807, 2.05) is 18.0 Å². The minimum absolute atomic E-state index is 0.242. The molecule has 2 aromatic carbocycles. The Balaban J connectivity index is 1.53. The molecule has 1 aliphatic carbocycles. The third kappa shape index (κ3) is 5.26. The van der Waals surface area contributed by atoms with Gasteiger partial charge in [0.25, 0.3) is 5.91 Å². The van der Waals surface area contributed by atoms with Crippen molar-refractivity contribution in [2.75, 3.05) is 26.3 Å². The van der Waals surface area contributed by atoms with E-state index in [1.165, 1.54) is 37.7 Å². The van der Waals surface area contributed by atoms with Crippen molar-refractivity contribution in [2.24, 2.45) is 0 Å². The number of nitrogens with one attached hydrogen (secondary N) is 1. The molecule has 1 aromatic heterocycles. The summed E-state index contributed by atoms with van der Waals surface area (Å²) in [5.41, 5.74) is 8.04. The zero-order valence-electron chi connectivity index (χ0n) is 19.9. The Morgan fingerprint density at radius 1 is 1.03 bits per heavy atom. The summed E-state index contributed by atoms with van der Waals surface area (Å²) < 4.78 is 7.15. The van der Waals surface area contributed by atoms with Crippen LogP contribution in [0.5, 0.6) is 0 Å². The second-order valence-electron chi connectivity index (χ2n) is 9.33. The summed E-state index contributed by atoms with van der Waals surface area (Å²) in [5.74, 6) is 0.387.